The number of rotatable bonds is 4. The molecule has 2 aromatic carbocycles. The molecule has 1 aliphatic heterocycles. The van der Waals surface area contributed by atoms with Crippen molar-refractivity contribution >= 4 is 25.9 Å². The third kappa shape index (κ3) is 4.05. The Labute approximate surface area is 172 Å². The van der Waals surface area contributed by atoms with Crippen LogP contribution in [0.25, 0.3) is 10.7 Å². The molecule has 0 bridgehead atoms. The number of aryl methyl sites for hydroxylation is 1. The van der Waals surface area contributed by atoms with Crippen LogP contribution in [0, 0.1) is 6.92 Å². The standard InChI is InChI=1S/C24H33BO2Si/c1-18-14-16-20(17-15-18)22(28(6,7)8)21(19-12-10-9-11-13-19)25-26-23(2,3)24(4,5)27-25/h9-17H,1-8H3/b22-21-. The van der Waals surface area contributed by atoms with E-state index < -0.39 is 8.07 Å². The molecule has 1 heterocycles. The van der Waals surface area contributed by atoms with Crippen molar-refractivity contribution in [3.8, 4) is 0 Å². The third-order valence-electron chi connectivity index (χ3n) is 5.93. The van der Waals surface area contributed by atoms with Gasteiger partial charge in [0.15, 0.2) is 0 Å². The van der Waals surface area contributed by atoms with Gasteiger partial charge in [-0.15, -0.1) is 0 Å². The molecule has 0 unspecified atom stereocenters. The fourth-order valence-corrected chi connectivity index (χ4v) is 5.79. The molecule has 1 aliphatic rings. The lowest BCUT2D eigenvalue weighted by Crippen LogP contribution is -2.41. The minimum Gasteiger partial charge on any atom is -0.399 e. The van der Waals surface area contributed by atoms with Gasteiger partial charge < -0.3 is 9.31 Å². The van der Waals surface area contributed by atoms with Gasteiger partial charge in [0.2, 0.25) is 0 Å². The zero-order chi connectivity index (χ0) is 20.7. The van der Waals surface area contributed by atoms with Gasteiger partial charge in [0.05, 0.1) is 19.3 Å². The molecule has 0 aliphatic carbocycles. The summed E-state index contributed by atoms with van der Waals surface area (Å²) < 4.78 is 13.1. The zero-order valence-corrected chi connectivity index (χ0v) is 19.6. The second-order valence-electron chi connectivity index (χ2n) is 9.86. The first kappa shape index (κ1) is 21.1. The monoisotopic (exact) mass is 392 g/mol. The molecule has 28 heavy (non-hydrogen) atoms. The van der Waals surface area contributed by atoms with E-state index in [9.17, 15) is 0 Å². The maximum atomic E-state index is 6.54. The van der Waals surface area contributed by atoms with Gasteiger partial charge in [-0.25, -0.2) is 0 Å². The van der Waals surface area contributed by atoms with E-state index in [1.54, 1.807) is 0 Å². The molecule has 0 N–H and O–H groups in total. The second-order valence-corrected chi connectivity index (χ2v) is 14.9. The summed E-state index contributed by atoms with van der Waals surface area (Å²) in [4.78, 5) is 0. The quantitative estimate of drug-likeness (QED) is 0.442. The first-order valence-corrected chi connectivity index (χ1v) is 13.7. The lowest BCUT2D eigenvalue weighted by atomic mass is 9.73. The van der Waals surface area contributed by atoms with Gasteiger partial charge in [0.1, 0.15) is 0 Å². The van der Waals surface area contributed by atoms with Gasteiger partial charge in [-0.3, -0.25) is 0 Å². The number of hydrogen-bond acceptors (Lipinski definition) is 2. The summed E-state index contributed by atoms with van der Waals surface area (Å²) in [5.74, 6) is 0. The van der Waals surface area contributed by atoms with Gasteiger partial charge in [0.25, 0.3) is 0 Å². The summed E-state index contributed by atoms with van der Waals surface area (Å²) in [5, 5.41) is 1.40. The van der Waals surface area contributed by atoms with E-state index in [1.165, 1.54) is 27.4 Å². The van der Waals surface area contributed by atoms with Crippen LogP contribution < -0.4 is 0 Å². The minimum absolute atomic E-state index is 0.366. The molecule has 2 aromatic rings. The first-order chi connectivity index (χ1) is 12.9. The van der Waals surface area contributed by atoms with Crippen molar-refractivity contribution in [3.63, 3.8) is 0 Å². The van der Waals surface area contributed by atoms with Crippen molar-refractivity contribution in [2.75, 3.05) is 0 Å². The van der Waals surface area contributed by atoms with Crippen LogP contribution in [0.3, 0.4) is 0 Å². The molecule has 0 atom stereocenters. The normalized spacial score (nSPS) is 19.5. The fraction of sp³-hybridized carbons (Fsp3) is 0.417. The lowest BCUT2D eigenvalue weighted by molar-refractivity contribution is 0.00578. The molecule has 0 aromatic heterocycles. The van der Waals surface area contributed by atoms with E-state index >= 15 is 0 Å². The summed E-state index contributed by atoms with van der Waals surface area (Å²) in [6, 6.07) is 19.5. The van der Waals surface area contributed by atoms with Crippen LogP contribution in [0.5, 0.6) is 0 Å². The van der Waals surface area contributed by atoms with Crippen LogP contribution in [0.2, 0.25) is 19.6 Å². The summed E-state index contributed by atoms with van der Waals surface area (Å²) in [5.41, 5.74) is 4.18. The Morgan fingerprint density at radius 1 is 0.750 bits per heavy atom. The Hall–Kier alpha value is -1.62. The molecule has 4 heteroatoms. The topological polar surface area (TPSA) is 18.5 Å². The van der Waals surface area contributed by atoms with Crippen LogP contribution in [-0.2, 0) is 9.31 Å². The van der Waals surface area contributed by atoms with Gasteiger partial charge in [-0.2, -0.15) is 0 Å². The van der Waals surface area contributed by atoms with Gasteiger partial charge >= 0.3 is 7.12 Å². The summed E-state index contributed by atoms with van der Waals surface area (Å²) in [6.07, 6.45) is 0. The van der Waals surface area contributed by atoms with E-state index in [4.69, 9.17) is 9.31 Å². The molecule has 1 fully saturated rings. The average Bonchev–Trinajstić information content (AvgIpc) is 2.81. The smallest absolute Gasteiger partial charge is 0.399 e. The molecule has 2 nitrogen and oxygen atoms in total. The van der Waals surface area contributed by atoms with Crippen LogP contribution in [-0.4, -0.2) is 26.4 Å². The Morgan fingerprint density at radius 3 is 1.71 bits per heavy atom. The molecule has 0 amide bonds. The maximum absolute atomic E-state index is 6.54. The number of benzene rings is 2. The van der Waals surface area contributed by atoms with Crippen LogP contribution in [0.15, 0.2) is 54.6 Å². The van der Waals surface area contributed by atoms with Crippen LogP contribution >= 0.6 is 0 Å². The predicted octanol–water partition coefficient (Wildman–Crippen LogP) is 6.41. The highest BCUT2D eigenvalue weighted by Gasteiger charge is 2.53. The lowest BCUT2D eigenvalue weighted by Gasteiger charge is -2.32. The van der Waals surface area contributed by atoms with Crippen molar-refractivity contribution in [1.82, 2.24) is 0 Å². The highest BCUT2D eigenvalue weighted by atomic mass is 28.3. The van der Waals surface area contributed by atoms with Gasteiger partial charge in [-0.05, 0) is 51.2 Å². The van der Waals surface area contributed by atoms with Crippen LogP contribution in [0.4, 0.5) is 0 Å². The molecule has 0 saturated carbocycles. The fourth-order valence-electron chi connectivity index (χ4n) is 3.69. The van der Waals surface area contributed by atoms with Gasteiger partial charge in [0, 0.05) is 0 Å². The molecule has 148 valence electrons. The molecular weight excluding hydrogens is 359 g/mol. The zero-order valence-electron chi connectivity index (χ0n) is 18.6. The highest BCUT2D eigenvalue weighted by molar-refractivity contribution is 6.98. The summed E-state index contributed by atoms with van der Waals surface area (Å²) >= 11 is 0. The Morgan fingerprint density at radius 2 is 1.25 bits per heavy atom. The van der Waals surface area contributed by atoms with Crippen molar-refractivity contribution in [1.29, 1.82) is 0 Å². The largest absolute Gasteiger partial charge is 0.495 e. The average molecular weight is 392 g/mol. The number of hydrogen-bond donors (Lipinski definition) is 0. The Balaban J connectivity index is 2.28. The van der Waals surface area contributed by atoms with Crippen molar-refractivity contribution in [3.05, 3.63) is 71.3 Å². The third-order valence-corrected chi connectivity index (χ3v) is 7.99. The molecule has 0 radical (unpaired) electrons. The Kier molecular flexibility index (Phi) is 5.52. The predicted molar refractivity (Wildman–Crippen MR) is 124 cm³/mol. The molecule has 0 spiro atoms. The SMILES string of the molecule is Cc1ccc(/C(=C(/B2OC(C)(C)C(C)(C)O2)c2ccccc2)[Si](C)(C)C)cc1. The highest BCUT2D eigenvalue weighted by Crippen LogP contribution is 2.44. The molecule has 1 saturated heterocycles. The first-order valence-electron chi connectivity index (χ1n) is 10.2. The summed E-state index contributed by atoms with van der Waals surface area (Å²) in [7, 11) is -2.11. The van der Waals surface area contributed by atoms with E-state index in [2.05, 4.69) is 109 Å². The van der Waals surface area contributed by atoms with Crippen molar-refractivity contribution in [2.45, 2.75) is 65.5 Å². The maximum Gasteiger partial charge on any atom is 0.495 e. The van der Waals surface area contributed by atoms with Crippen molar-refractivity contribution < 1.29 is 9.31 Å². The molecular formula is C24H33BO2Si. The van der Waals surface area contributed by atoms with E-state index in [0.717, 1.165) is 0 Å². The van der Waals surface area contributed by atoms with E-state index in [-0.39, 0.29) is 18.3 Å². The van der Waals surface area contributed by atoms with E-state index in [0.29, 0.717) is 0 Å². The summed E-state index contributed by atoms with van der Waals surface area (Å²) in [6.45, 7) is 17.8. The second kappa shape index (κ2) is 7.33. The molecule has 3 rings (SSSR count). The van der Waals surface area contributed by atoms with Crippen molar-refractivity contribution in [2.24, 2.45) is 0 Å². The minimum atomic E-state index is -1.73. The van der Waals surface area contributed by atoms with Gasteiger partial charge in [-0.1, -0.05) is 85.0 Å². The Bertz CT molecular complexity index is 846. The van der Waals surface area contributed by atoms with Crippen LogP contribution in [0.1, 0.15) is 44.4 Å². The van der Waals surface area contributed by atoms with E-state index in [1.807, 2.05) is 0 Å².